The Bertz CT molecular complexity index is 798. The Morgan fingerprint density at radius 3 is 2.41 bits per heavy atom. The Kier molecular flexibility index (Phi) is 7.76. The van der Waals surface area contributed by atoms with Gasteiger partial charge in [0.1, 0.15) is 6.04 Å². The van der Waals surface area contributed by atoms with Gasteiger partial charge in [0, 0.05) is 44.7 Å². The van der Waals surface area contributed by atoms with Crippen molar-refractivity contribution >= 4 is 23.4 Å². The number of rotatable bonds is 7. The summed E-state index contributed by atoms with van der Waals surface area (Å²) in [5.41, 5.74) is 2.25. The SMILES string of the molecule is O=C1CCC(Nc2ccc(C3CCN(CCCC(=O)N4CCNCC4)CC3)cc2)C(=O)N1. The van der Waals surface area contributed by atoms with Crippen molar-refractivity contribution in [2.45, 2.75) is 50.5 Å². The Hall–Kier alpha value is -2.45. The summed E-state index contributed by atoms with van der Waals surface area (Å²) in [7, 11) is 0. The third kappa shape index (κ3) is 6.07. The van der Waals surface area contributed by atoms with E-state index in [-0.39, 0.29) is 17.9 Å². The number of likely N-dealkylation sites (tertiary alicyclic amines) is 1. The van der Waals surface area contributed by atoms with Gasteiger partial charge in [0.15, 0.2) is 0 Å². The van der Waals surface area contributed by atoms with Crippen LogP contribution in [0.15, 0.2) is 24.3 Å². The Labute approximate surface area is 190 Å². The Morgan fingerprint density at radius 2 is 1.72 bits per heavy atom. The van der Waals surface area contributed by atoms with Gasteiger partial charge < -0.3 is 20.4 Å². The van der Waals surface area contributed by atoms with Gasteiger partial charge in [-0.05, 0) is 68.9 Å². The quantitative estimate of drug-likeness (QED) is 0.552. The minimum Gasteiger partial charge on any atom is -0.374 e. The van der Waals surface area contributed by atoms with Crippen molar-refractivity contribution in [3.8, 4) is 0 Å². The second-order valence-electron chi connectivity index (χ2n) is 9.12. The summed E-state index contributed by atoms with van der Waals surface area (Å²) in [6.07, 6.45) is 4.77. The average molecular weight is 442 g/mol. The lowest BCUT2D eigenvalue weighted by molar-refractivity contribution is -0.134. The van der Waals surface area contributed by atoms with Crippen LogP contribution >= 0.6 is 0 Å². The summed E-state index contributed by atoms with van der Waals surface area (Å²) in [5.74, 6) is 0.416. The molecule has 3 aliphatic heterocycles. The molecule has 174 valence electrons. The molecule has 8 heteroatoms. The predicted octanol–water partition coefficient (Wildman–Crippen LogP) is 1.30. The number of piperazine rings is 1. The van der Waals surface area contributed by atoms with Gasteiger partial charge in [0.2, 0.25) is 17.7 Å². The molecule has 3 heterocycles. The van der Waals surface area contributed by atoms with Crippen molar-refractivity contribution in [3.05, 3.63) is 29.8 Å². The normalized spacial score (nSPS) is 23.1. The maximum absolute atomic E-state index is 12.3. The zero-order chi connectivity index (χ0) is 22.3. The first-order chi connectivity index (χ1) is 15.6. The van der Waals surface area contributed by atoms with E-state index in [1.807, 2.05) is 17.0 Å². The fraction of sp³-hybridized carbons (Fsp3) is 0.625. The average Bonchev–Trinajstić information content (AvgIpc) is 2.82. The molecule has 0 spiro atoms. The van der Waals surface area contributed by atoms with E-state index < -0.39 is 0 Å². The Morgan fingerprint density at radius 1 is 1.00 bits per heavy atom. The molecule has 1 aromatic carbocycles. The second-order valence-corrected chi connectivity index (χ2v) is 9.12. The number of nitrogens with zero attached hydrogens (tertiary/aromatic N) is 2. The molecule has 3 N–H and O–H groups in total. The first-order valence-corrected chi connectivity index (χ1v) is 12.0. The van der Waals surface area contributed by atoms with Crippen molar-refractivity contribution in [3.63, 3.8) is 0 Å². The van der Waals surface area contributed by atoms with Gasteiger partial charge in [-0.15, -0.1) is 0 Å². The van der Waals surface area contributed by atoms with Crippen LogP contribution in [0.2, 0.25) is 0 Å². The van der Waals surface area contributed by atoms with Crippen LogP contribution in [-0.2, 0) is 14.4 Å². The third-order valence-electron chi connectivity index (χ3n) is 6.88. The van der Waals surface area contributed by atoms with Gasteiger partial charge in [-0.2, -0.15) is 0 Å². The summed E-state index contributed by atoms with van der Waals surface area (Å²) >= 11 is 0. The highest BCUT2D eigenvalue weighted by Gasteiger charge is 2.26. The first kappa shape index (κ1) is 22.7. The topological polar surface area (TPSA) is 93.8 Å². The number of carbonyl (C=O) groups is 3. The van der Waals surface area contributed by atoms with Crippen molar-refractivity contribution < 1.29 is 14.4 Å². The molecule has 0 aromatic heterocycles. The van der Waals surface area contributed by atoms with Crippen molar-refractivity contribution in [1.29, 1.82) is 0 Å². The molecule has 1 unspecified atom stereocenters. The van der Waals surface area contributed by atoms with Crippen LogP contribution in [0.25, 0.3) is 0 Å². The molecule has 3 amide bonds. The lowest BCUT2D eigenvalue weighted by Crippen LogP contribution is -2.47. The fourth-order valence-corrected chi connectivity index (χ4v) is 4.90. The van der Waals surface area contributed by atoms with Gasteiger partial charge in [0.25, 0.3) is 0 Å². The molecular formula is C24H35N5O3. The predicted molar refractivity (Wildman–Crippen MR) is 123 cm³/mol. The van der Waals surface area contributed by atoms with E-state index in [9.17, 15) is 14.4 Å². The van der Waals surface area contributed by atoms with Gasteiger partial charge in [-0.3, -0.25) is 19.7 Å². The minimum atomic E-state index is -0.347. The maximum atomic E-state index is 12.3. The molecule has 8 nitrogen and oxygen atoms in total. The largest absolute Gasteiger partial charge is 0.374 e. The zero-order valence-electron chi connectivity index (χ0n) is 18.8. The molecule has 3 fully saturated rings. The number of benzene rings is 1. The maximum Gasteiger partial charge on any atom is 0.249 e. The van der Waals surface area contributed by atoms with Crippen LogP contribution in [0.5, 0.6) is 0 Å². The molecule has 3 saturated heterocycles. The van der Waals surface area contributed by atoms with Crippen LogP contribution in [0.4, 0.5) is 5.69 Å². The highest BCUT2D eigenvalue weighted by Crippen LogP contribution is 2.29. The van der Waals surface area contributed by atoms with Crippen LogP contribution in [0.3, 0.4) is 0 Å². The van der Waals surface area contributed by atoms with E-state index in [4.69, 9.17) is 0 Å². The number of imide groups is 1. The van der Waals surface area contributed by atoms with E-state index in [1.165, 1.54) is 5.56 Å². The number of hydrogen-bond acceptors (Lipinski definition) is 6. The fourth-order valence-electron chi connectivity index (χ4n) is 4.90. The molecule has 1 aromatic rings. The number of piperidine rings is 2. The van der Waals surface area contributed by atoms with E-state index in [0.717, 1.165) is 70.8 Å². The number of hydrogen-bond donors (Lipinski definition) is 3. The molecule has 0 saturated carbocycles. The van der Waals surface area contributed by atoms with Crippen LogP contribution in [0, 0.1) is 0 Å². The molecular weight excluding hydrogens is 406 g/mol. The lowest BCUT2D eigenvalue weighted by atomic mass is 9.89. The van der Waals surface area contributed by atoms with E-state index in [0.29, 0.717) is 31.1 Å². The molecule has 3 aliphatic rings. The zero-order valence-corrected chi connectivity index (χ0v) is 18.8. The van der Waals surface area contributed by atoms with Crippen molar-refractivity contribution in [2.75, 3.05) is 51.1 Å². The number of amides is 3. The summed E-state index contributed by atoms with van der Waals surface area (Å²) in [6, 6.07) is 8.03. The smallest absolute Gasteiger partial charge is 0.249 e. The van der Waals surface area contributed by atoms with Crippen LogP contribution in [-0.4, -0.2) is 79.4 Å². The number of carbonyl (C=O) groups excluding carboxylic acids is 3. The molecule has 1 atom stereocenters. The molecule has 0 bridgehead atoms. The summed E-state index contributed by atoms with van der Waals surface area (Å²) in [4.78, 5) is 40.0. The monoisotopic (exact) mass is 441 g/mol. The minimum absolute atomic E-state index is 0.194. The summed E-state index contributed by atoms with van der Waals surface area (Å²) in [6.45, 7) is 6.64. The highest BCUT2D eigenvalue weighted by atomic mass is 16.2. The van der Waals surface area contributed by atoms with Crippen LogP contribution in [0.1, 0.15) is 50.0 Å². The molecule has 32 heavy (non-hydrogen) atoms. The lowest BCUT2D eigenvalue weighted by Gasteiger charge is -2.32. The van der Waals surface area contributed by atoms with Crippen molar-refractivity contribution in [2.24, 2.45) is 0 Å². The molecule has 0 aliphatic carbocycles. The number of nitrogens with one attached hydrogen (secondary N) is 3. The van der Waals surface area contributed by atoms with Crippen LogP contribution < -0.4 is 16.0 Å². The summed E-state index contributed by atoms with van der Waals surface area (Å²) in [5, 5.41) is 8.91. The Balaban J connectivity index is 1.17. The van der Waals surface area contributed by atoms with Gasteiger partial charge >= 0.3 is 0 Å². The standard InChI is InChI=1S/C24H35N5O3/c30-22-8-7-21(24(32)27-22)26-20-5-3-18(4-6-20)19-9-14-28(15-10-19)13-1-2-23(31)29-16-11-25-12-17-29/h3-6,19,21,25-26H,1-2,7-17H2,(H,27,30,32). The number of anilines is 1. The van der Waals surface area contributed by atoms with E-state index in [1.54, 1.807) is 0 Å². The van der Waals surface area contributed by atoms with Gasteiger partial charge in [-0.1, -0.05) is 12.1 Å². The molecule has 4 rings (SSSR count). The second kappa shape index (κ2) is 10.9. The van der Waals surface area contributed by atoms with Gasteiger partial charge in [0.05, 0.1) is 0 Å². The molecule has 0 radical (unpaired) electrons. The van der Waals surface area contributed by atoms with E-state index in [2.05, 4.69) is 33.0 Å². The van der Waals surface area contributed by atoms with Crippen molar-refractivity contribution in [1.82, 2.24) is 20.4 Å². The summed E-state index contributed by atoms with van der Waals surface area (Å²) < 4.78 is 0. The first-order valence-electron chi connectivity index (χ1n) is 12.0. The van der Waals surface area contributed by atoms with E-state index >= 15 is 0 Å². The third-order valence-corrected chi connectivity index (χ3v) is 6.88. The highest BCUT2D eigenvalue weighted by molar-refractivity contribution is 6.01. The van der Waals surface area contributed by atoms with Gasteiger partial charge in [-0.25, -0.2) is 0 Å².